The Hall–Kier alpha value is -4.10. The largest absolute Gasteiger partial charge is 0.870 e. The van der Waals surface area contributed by atoms with E-state index in [0.29, 0.717) is 40.7 Å². The van der Waals surface area contributed by atoms with Gasteiger partial charge in [-0.1, -0.05) is 40.6 Å². The molecule has 8 nitrogen and oxygen atoms in total. The number of hydrogen-bond acceptors (Lipinski definition) is 6. The van der Waals surface area contributed by atoms with Crippen LogP contribution in [0.1, 0.15) is 40.2 Å². The minimum atomic E-state index is -2.32. The third-order valence-corrected chi connectivity index (χ3v) is 8.74. The van der Waals surface area contributed by atoms with Gasteiger partial charge in [-0.2, -0.15) is 5.10 Å². The molecule has 1 aliphatic carbocycles. The maximum absolute atomic E-state index is 14.8. The molecule has 6 rings (SSSR count). The van der Waals surface area contributed by atoms with Gasteiger partial charge in [-0.15, -0.1) is 16.5 Å². The van der Waals surface area contributed by atoms with Gasteiger partial charge in [0.05, 0.1) is 11.4 Å². The molecule has 1 unspecified atom stereocenters. The van der Waals surface area contributed by atoms with Gasteiger partial charge in [0, 0.05) is 22.9 Å². The molecule has 3 aromatic carbocycles. The summed E-state index contributed by atoms with van der Waals surface area (Å²) in [6.07, 6.45) is 3.15. The number of hydrogen-bond donors (Lipinski definition) is 2. The molecule has 0 saturated heterocycles. The molecular formula is C30H26F2N4O4S2. The summed E-state index contributed by atoms with van der Waals surface area (Å²) >= 11 is 1.19. The fraction of sp³-hybridized carbons (Fsp3) is 0.167. The maximum atomic E-state index is 14.8. The van der Waals surface area contributed by atoms with Crippen molar-refractivity contribution in [1.29, 1.82) is 0 Å². The summed E-state index contributed by atoms with van der Waals surface area (Å²) in [6.45, 7) is 0. The second kappa shape index (κ2) is 12.0. The summed E-state index contributed by atoms with van der Waals surface area (Å²) in [7, 11) is -2.32. The Balaban J connectivity index is 0.00000353. The number of aromatic nitrogens is 3. The molecule has 1 atom stereocenters. The zero-order valence-electron chi connectivity index (χ0n) is 22.1. The smallest absolute Gasteiger partial charge is 0.355 e. The van der Waals surface area contributed by atoms with Gasteiger partial charge in [0.25, 0.3) is 0 Å². The van der Waals surface area contributed by atoms with Crippen molar-refractivity contribution in [3.8, 4) is 27.5 Å². The molecule has 1 aliphatic rings. The molecule has 216 valence electrons. The average Bonchev–Trinajstić information content (AvgIpc) is 3.50. The Bertz CT molecular complexity index is 1820. The first-order chi connectivity index (χ1) is 19.8. The Morgan fingerprint density at radius 3 is 2.40 bits per heavy atom. The van der Waals surface area contributed by atoms with Crippen LogP contribution >= 0.6 is 11.3 Å². The molecule has 0 spiro atoms. The first-order valence-electron chi connectivity index (χ1n) is 12.9. The fourth-order valence-corrected chi connectivity index (χ4v) is 6.15. The SMILES string of the molecule is N[SH+](=O)c1ccc(Cc2c(-c3cccc(-c4cccc(F)c4)c3)nn(-c3nc(C(=O)O)cs3)c2CC2CC2)cc1F.[OH-]. The molecule has 0 aliphatic heterocycles. The van der Waals surface area contributed by atoms with Crippen LogP contribution in [0, 0.1) is 17.6 Å². The van der Waals surface area contributed by atoms with E-state index >= 15 is 0 Å². The average molecular weight is 609 g/mol. The highest BCUT2D eigenvalue weighted by Crippen LogP contribution is 2.39. The zero-order valence-corrected chi connectivity index (χ0v) is 23.8. The Labute approximate surface area is 246 Å². The van der Waals surface area contributed by atoms with Gasteiger partial charge in [-0.3, -0.25) is 0 Å². The predicted molar refractivity (Wildman–Crippen MR) is 156 cm³/mol. The van der Waals surface area contributed by atoms with Gasteiger partial charge >= 0.3 is 5.97 Å². The van der Waals surface area contributed by atoms with Crippen LogP contribution in [0.25, 0.3) is 27.5 Å². The second-order valence-corrected chi connectivity index (χ2v) is 12.0. The van der Waals surface area contributed by atoms with Crippen molar-refractivity contribution in [3.05, 3.63) is 106 Å². The highest BCUT2D eigenvalue weighted by molar-refractivity contribution is 7.82. The van der Waals surface area contributed by atoms with Gasteiger partial charge < -0.3 is 10.6 Å². The molecule has 5 aromatic rings. The van der Waals surface area contributed by atoms with Gasteiger partial charge in [0.2, 0.25) is 10.0 Å². The van der Waals surface area contributed by atoms with E-state index in [9.17, 15) is 22.9 Å². The lowest BCUT2D eigenvalue weighted by atomic mass is 9.95. The van der Waals surface area contributed by atoms with E-state index in [1.165, 1.54) is 41.0 Å². The number of halogens is 2. The third kappa shape index (κ3) is 6.07. The number of thiol groups is 1. The van der Waals surface area contributed by atoms with Gasteiger partial charge in [0.1, 0.15) is 5.82 Å². The number of nitrogens with zero attached hydrogens (tertiary/aromatic N) is 3. The highest BCUT2D eigenvalue weighted by Gasteiger charge is 2.29. The lowest BCUT2D eigenvalue weighted by molar-refractivity contribution is 0.0691. The van der Waals surface area contributed by atoms with E-state index in [-0.39, 0.29) is 21.9 Å². The lowest BCUT2D eigenvalue weighted by Gasteiger charge is -2.10. The van der Waals surface area contributed by atoms with Crippen molar-refractivity contribution >= 4 is 28.3 Å². The first-order valence-corrected chi connectivity index (χ1v) is 15.1. The molecule has 1 fully saturated rings. The Kier molecular flexibility index (Phi) is 8.41. The van der Waals surface area contributed by atoms with Crippen LogP contribution in [0.5, 0.6) is 0 Å². The summed E-state index contributed by atoms with van der Waals surface area (Å²) in [4.78, 5) is 15.9. The summed E-state index contributed by atoms with van der Waals surface area (Å²) < 4.78 is 42.2. The van der Waals surface area contributed by atoms with Crippen LogP contribution in [-0.4, -0.2) is 31.3 Å². The highest BCUT2D eigenvalue weighted by atomic mass is 32.2. The van der Waals surface area contributed by atoms with E-state index in [1.807, 2.05) is 30.3 Å². The Morgan fingerprint density at radius 2 is 1.76 bits per heavy atom. The molecule has 1 saturated carbocycles. The normalized spacial score (nSPS) is 13.5. The quantitative estimate of drug-likeness (QED) is 0.157. The second-order valence-electron chi connectivity index (χ2n) is 10.0. The van der Waals surface area contributed by atoms with Crippen LogP contribution in [0.3, 0.4) is 0 Å². The zero-order chi connectivity index (χ0) is 28.7. The van der Waals surface area contributed by atoms with Crippen LogP contribution in [0.15, 0.2) is 77.0 Å². The number of nitrogens with two attached hydrogens (primary N) is 1. The van der Waals surface area contributed by atoms with Crippen molar-refractivity contribution in [2.45, 2.75) is 30.6 Å². The number of thiazole rings is 1. The van der Waals surface area contributed by atoms with Crippen LogP contribution in [0.4, 0.5) is 8.78 Å². The summed E-state index contributed by atoms with van der Waals surface area (Å²) in [6, 6.07) is 18.4. The number of carboxylic acids is 1. The summed E-state index contributed by atoms with van der Waals surface area (Å²) in [5, 5.41) is 21.8. The van der Waals surface area contributed by atoms with Gasteiger partial charge in [0.15, 0.2) is 22.5 Å². The fourth-order valence-electron chi connectivity index (χ4n) is 4.88. The minimum absolute atomic E-state index is 0. The number of carbonyl (C=O) groups is 1. The van der Waals surface area contributed by atoms with E-state index in [4.69, 9.17) is 10.2 Å². The minimum Gasteiger partial charge on any atom is -0.870 e. The standard InChI is InChI=1S/C30H24F2N4O3S2.H2O/c31-22-6-2-4-20(15-22)19-3-1-5-21(14-19)28-23(11-18-9-10-27(41(33)39)24(32)12-18)26(13-17-7-8-17)36(35-28)30-34-25(16-40-30)29(37)38;/h1-6,9-10,12,14-17H,7-8,11,13H2,(H2,33,39)(H,37,38);1H2. The number of aromatic carboxylic acids is 1. The lowest BCUT2D eigenvalue weighted by Crippen LogP contribution is -2.07. The van der Waals surface area contributed by atoms with E-state index < -0.39 is 22.8 Å². The molecule has 0 bridgehead atoms. The van der Waals surface area contributed by atoms with E-state index in [1.54, 1.807) is 16.8 Å². The third-order valence-electron chi connectivity index (χ3n) is 7.09. The van der Waals surface area contributed by atoms with Crippen molar-refractivity contribution in [3.63, 3.8) is 0 Å². The molecule has 2 aromatic heterocycles. The number of benzene rings is 3. The van der Waals surface area contributed by atoms with Crippen LogP contribution < -0.4 is 5.14 Å². The first kappa shape index (κ1) is 29.4. The van der Waals surface area contributed by atoms with Crippen LogP contribution in [-0.2, 0) is 28.0 Å². The van der Waals surface area contributed by atoms with Gasteiger partial charge in [-0.25, -0.2) is 23.2 Å². The van der Waals surface area contributed by atoms with E-state index in [2.05, 4.69) is 4.98 Å². The maximum Gasteiger partial charge on any atom is 0.355 e. The number of carboxylic acid groups (broad SMARTS) is 1. The predicted octanol–water partition coefficient (Wildman–Crippen LogP) is 5.93. The molecule has 0 radical (unpaired) electrons. The molecule has 2 heterocycles. The van der Waals surface area contributed by atoms with E-state index in [0.717, 1.165) is 35.2 Å². The summed E-state index contributed by atoms with van der Waals surface area (Å²) in [5.74, 6) is -1.65. The van der Waals surface area contributed by atoms with Crippen molar-refractivity contribution in [2.75, 3.05) is 0 Å². The van der Waals surface area contributed by atoms with Crippen molar-refractivity contribution in [1.82, 2.24) is 14.8 Å². The van der Waals surface area contributed by atoms with Crippen LogP contribution in [0.2, 0.25) is 0 Å². The van der Waals surface area contributed by atoms with Crippen molar-refractivity contribution < 1.29 is 28.4 Å². The van der Waals surface area contributed by atoms with Crippen molar-refractivity contribution in [2.24, 2.45) is 11.1 Å². The monoisotopic (exact) mass is 608 g/mol. The summed E-state index contributed by atoms with van der Waals surface area (Å²) in [5.41, 5.74) is 5.23. The topological polar surface area (TPSA) is 141 Å². The Morgan fingerprint density at radius 1 is 1.05 bits per heavy atom. The molecule has 4 N–H and O–H groups in total. The molecule has 12 heteroatoms. The molecule has 0 amide bonds. The molecule has 42 heavy (non-hydrogen) atoms. The molecular weight excluding hydrogens is 582 g/mol. The van der Waals surface area contributed by atoms with Gasteiger partial charge in [-0.05, 0) is 72.2 Å². The number of rotatable bonds is 9.